The lowest BCUT2D eigenvalue weighted by molar-refractivity contribution is 1.01. The molecule has 0 radical (unpaired) electrons. The van der Waals surface area contributed by atoms with E-state index in [1.165, 1.54) is 0 Å². The molecule has 4 heteroatoms. The number of nitrogens with zero attached hydrogens (tertiary/aromatic N) is 1. The zero-order valence-corrected chi connectivity index (χ0v) is 7.27. The molecule has 2 aromatic rings. The number of aromatic amines is 1. The molecule has 62 valence electrons. The van der Waals surface area contributed by atoms with E-state index in [1.54, 1.807) is 17.7 Å². The van der Waals surface area contributed by atoms with Crippen LogP contribution in [-0.4, -0.2) is 9.97 Å². The average Bonchev–Trinajstić information content (AvgIpc) is 2.74. The van der Waals surface area contributed by atoms with Gasteiger partial charge in [0.1, 0.15) is 5.69 Å². The number of H-pyrrole nitrogens is 1. The Bertz CT molecular complexity index is 350. The van der Waals surface area contributed by atoms with Gasteiger partial charge in [0.2, 0.25) is 0 Å². The minimum atomic E-state index is 0.507. The summed E-state index contributed by atoms with van der Waals surface area (Å²) in [5, 5.41) is 2.03. The van der Waals surface area contributed by atoms with Gasteiger partial charge in [0.15, 0.2) is 0 Å². The van der Waals surface area contributed by atoms with Crippen LogP contribution in [0.2, 0.25) is 0 Å². The normalized spacial score (nSPS) is 10.4. The zero-order chi connectivity index (χ0) is 8.39. The molecular formula is C8H9N3S. The lowest BCUT2D eigenvalue weighted by Gasteiger charge is -1.94. The van der Waals surface area contributed by atoms with Crippen molar-refractivity contribution in [2.24, 2.45) is 5.73 Å². The number of aromatic nitrogens is 2. The standard InChI is InChI=1S/C8H9N3S/c9-4-6-8(11-5-10-6)7-2-1-3-12-7/h1-3,5H,4,9H2,(H,10,11). The van der Waals surface area contributed by atoms with Crippen LogP contribution < -0.4 is 5.73 Å². The maximum Gasteiger partial charge on any atom is 0.102 e. The van der Waals surface area contributed by atoms with Crippen molar-refractivity contribution >= 4 is 11.3 Å². The first-order valence-corrected chi connectivity index (χ1v) is 4.56. The Balaban J connectivity index is 2.46. The molecule has 3 N–H and O–H groups in total. The van der Waals surface area contributed by atoms with Crippen molar-refractivity contribution in [3.05, 3.63) is 29.5 Å². The number of nitrogens with one attached hydrogen (secondary N) is 1. The Kier molecular flexibility index (Phi) is 1.93. The Labute approximate surface area is 74.3 Å². The van der Waals surface area contributed by atoms with E-state index >= 15 is 0 Å². The number of nitrogens with two attached hydrogens (primary N) is 1. The van der Waals surface area contributed by atoms with Gasteiger partial charge in [0, 0.05) is 6.54 Å². The molecular weight excluding hydrogens is 170 g/mol. The average molecular weight is 179 g/mol. The molecule has 3 nitrogen and oxygen atoms in total. The quantitative estimate of drug-likeness (QED) is 0.735. The van der Waals surface area contributed by atoms with Gasteiger partial charge in [-0.25, -0.2) is 4.98 Å². The number of rotatable bonds is 2. The van der Waals surface area contributed by atoms with Crippen LogP contribution in [0.1, 0.15) is 5.69 Å². The Morgan fingerprint density at radius 1 is 1.58 bits per heavy atom. The molecule has 2 rings (SSSR count). The molecule has 0 spiro atoms. The molecule has 0 fully saturated rings. The topological polar surface area (TPSA) is 54.7 Å². The lowest BCUT2D eigenvalue weighted by atomic mass is 10.3. The van der Waals surface area contributed by atoms with E-state index in [9.17, 15) is 0 Å². The maximum absolute atomic E-state index is 5.53. The predicted octanol–water partition coefficient (Wildman–Crippen LogP) is 1.60. The lowest BCUT2D eigenvalue weighted by Crippen LogP contribution is -1.97. The Hall–Kier alpha value is -1.13. The van der Waals surface area contributed by atoms with Crippen molar-refractivity contribution in [1.29, 1.82) is 0 Å². The van der Waals surface area contributed by atoms with E-state index in [-0.39, 0.29) is 0 Å². The monoisotopic (exact) mass is 179 g/mol. The summed E-state index contributed by atoms with van der Waals surface area (Å²) in [6, 6.07) is 4.05. The molecule has 0 aromatic carbocycles. The largest absolute Gasteiger partial charge is 0.347 e. The molecule has 0 saturated carbocycles. The summed E-state index contributed by atoms with van der Waals surface area (Å²) in [7, 11) is 0. The third-order valence-corrected chi connectivity index (χ3v) is 2.55. The van der Waals surface area contributed by atoms with Crippen LogP contribution in [0.5, 0.6) is 0 Å². The van der Waals surface area contributed by atoms with E-state index in [1.807, 2.05) is 17.5 Å². The van der Waals surface area contributed by atoms with Crippen LogP contribution in [0, 0.1) is 0 Å². The zero-order valence-electron chi connectivity index (χ0n) is 6.45. The van der Waals surface area contributed by atoms with Crippen molar-refractivity contribution in [3.8, 4) is 10.6 Å². The highest BCUT2D eigenvalue weighted by Gasteiger charge is 2.06. The maximum atomic E-state index is 5.53. The molecule has 0 aliphatic rings. The smallest absolute Gasteiger partial charge is 0.102 e. The molecule has 12 heavy (non-hydrogen) atoms. The van der Waals surface area contributed by atoms with Gasteiger partial charge in [0.05, 0.1) is 16.9 Å². The van der Waals surface area contributed by atoms with E-state index in [0.29, 0.717) is 6.54 Å². The van der Waals surface area contributed by atoms with Gasteiger partial charge in [-0.3, -0.25) is 0 Å². The van der Waals surface area contributed by atoms with Gasteiger partial charge in [-0.15, -0.1) is 11.3 Å². The summed E-state index contributed by atoms with van der Waals surface area (Å²) >= 11 is 1.67. The highest BCUT2D eigenvalue weighted by molar-refractivity contribution is 7.13. The molecule has 0 bridgehead atoms. The summed E-state index contributed by atoms with van der Waals surface area (Å²) < 4.78 is 0. The van der Waals surface area contributed by atoms with Gasteiger partial charge in [-0.2, -0.15) is 0 Å². The Morgan fingerprint density at radius 2 is 2.50 bits per heavy atom. The first-order valence-electron chi connectivity index (χ1n) is 3.68. The van der Waals surface area contributed by atoms with Crippen molar-refractivity contribution in [3.63, 3.8) is 0 Å². The number of imidazole rings is 1. The predicted molar refractivity (Wildman–Crippen MR) is 49.8 cm³/mol. The van der Waals surface area contributed by atoms with Crippen LogP contribution in [-0.2, 0) is 6.54 Å². The van der Waals surface area contributed by atoms with Crippen molar-refractivity contribution in [1.82, 2.24) is 9.97 Å². The fraction of sp³-hybridized carbons (Fsp3) is 0.125. The van der Waals surface area contributed by atoms with E-state index in [0.717, 1.165) is 16.3 Å². The van der Waals surface area contributed by atoms with Crippen LogP contribution in [0.4, 0.5) is 0 Å². The van der Waals surface area contributed by atoms with Crippen molar-refractivity contribution in [2.75, 3.05) is 0 Å². The minimum Gasteiger partial charge on any atom is -0.347 e. The molecule has 0 unspecified atom stereocenters. The highest BCUT2D eigenvalue weighted by atomic mass is 32.1. The first-order chi connectivity index (χ1) is 5.92. The Morgan fingerprint density at radius 3 is 3.17 bits per heavy atom. The number of hydrogen-bond donors (Lipinski definition) is 2. The van der Waals surface area contributed by atoms with Crippen LogP contribution in [0.3, 0.4) is 0 Å². The molecule has 0 aliphatic heterocycles. The highest BCUT2D eigenvalue weighted by Crippen LogP contribution is 2.24. The van der Waals surface area contributed by atoms with E-state index in [2.05, 4.69) is 9.97 Å². The first kappa shape index (κ1) is 7.52. The van der Waals surface area contributed by atoms with Crippen LogP contribution >= 0.6 is 11.3 Å². The third kappa shape index (κ3) is 1.15. The molecule has 0 atom stereocenters. The van der Waals surface area contributed by atoms with Gasteiger partial charge in [-0.1, -0.05) is 6.07 Å². The summed E-state index contributed by atoms with van der Waals surface area (Å²) in [6.07, 6.45) is 1.68. The van der Waals surface area contributed by atoms with Gasteiger partial charge in [-0.05, 0) is 11.4 Å². The van der Waals surface area contributed by atoms with Crippen molar-refractivity contribution < 1.29 is 0 Å². The van der Waals surface area contributed by atoms with Gasteiger partial charge >= 0.3 is 0 Å². The summed E-state index contributed by atoms with van der Waals surface area (Å²) in [5.41, 5.74) is 7.51. The number of thiophene rings is 1. The SMILES string of the molecule is NCc1[nH]cnc1-c1cccs1. The van der Waals surface area contributed by atoms with Crippen LogP contribution in [0.15, 0.2) is 23.8 Å². The van der Waals surface area contributed by atoms with Crippen molar-refractivity contribution in [2.45, 2.75) is 6.54 Å². The van der Waals surface area contributed by atoms with E-state index in [4.69, 9.17) is 5.73 Å². The van der Waals surface area contributed by atoms with Gasteiger partial charge < -0.3 is 10.7 Å². The minimum absolute atomic E-state index is 0.507. The molecule has 0 aliphatic carbocycles. The molecule has 2 heterocycles. The van der Waals surface area contributed by atoms with Crippen LogP contribution in [0.25, 0.3) is 10.6 Å². The summed E-state index contributed by atoms with van der Waals surface area (Å²) in [6.45, 7) is 0.507. The van der Waals surface area contributed by atoms with E-state index < -0.39 is 0 Å². The second-order valence-corrected chi connectivity index (χ2v) is 3.36. The molecule has 0 amide bonds. The molecule has 0 saturated heterocycles. The molecule has 2 aromatic heterocycles. The second-order valence-electron chi connectivity index (χ2n) is 2.41. The fourth-order valence-corrected chi connectivity index (χ4v) is 1.85. The summed E-state index contributed by atoms with van der Waals surface area (Å²) in [5.74, 6) is 0. The summed E-state index contributed by atoms with van der Waals surface area (Å²) in [4.78, 5) is 8.38. The van der Waals surface area contributed by atoms with Gasteiger partial charge in [0.25, 0.3) is 0 Å². The third-order valence-electron chi connectivity index (χ3n) is 1.68. The fourth-order valence-electron chi connectivity index (χ4n) is 1.10. The number of hydrogen-bond acceptors (Lipinski definition) is 3. The second kappa shape index (κ2) is 3.08.